The standard InChI is InChI=1S/C11H24N2OS/c1-8(2)6-9(3)12-11(15)13-10(4)7-14-5/h8-10H,6-7H2,1-5H3,(H2,12,13,15). The van der Waals surface area contributed by atoms with Gasteiger partial charge in [0.25, 0.3) is 0 Å². The maximum atomic E-state index is 5.20. The molecular formula is C11H24N2OS. The third kappa shape index (κ3) is 8.63. The van der Waals surface area contributed by atoms with Crippen molar-refractivity contribution in [2.45, 2.75) is 46.2 Å². The Labute approximate surface area is 99.0 Å². The van der Waals surface area contributed by atoms with Crippen molar-refractivity contribution < 1.29 is 4.74 Å². The predicted molar refractivity (Wildman–Crippen MR) is 69.1 cm³/mol. The van der Waals surface area contributed by atoms with E-state index in [-0.39, 0.29) is 6.04 Å². The summed E-state index contributed by atoms with van der Waals surface area (Å²) in [5, 5.41) is 7.16. The number of hydrogen-bond acceptors (Lipinski definition) is 2. The van der Waals surface area contributed by atoms with E-state index in [0.717, 1.165) is 6.42 Å². The van der Waals surface area contributed by atoms with Crippen molar-refractivity contribution >= 4 is 17.3 Å². The first-order chi connectivity index (χ1) is 6.95. The van der Waals surface area contributed by atoms with Gasteiger partial charge < -0.3 is 15.4 Å². The molecule has 0 spiro atoms. The van der Waals surface area contributed by atoms with Crippen molar-refractivity contribution in [3.8, 4) is 0 Å². The first-order valence-electron chi connectivity index (χ1n) is 5.51. The highest BCUT2D eigenvalue weighted by molar-refractivity contribution is 7.80. The van der Waals surface area contributed by atoms with E-state index in [0.29, 0.717) is 23.7 Å². The summed E-state index contributed by atoms with van der Waals surface area (Å²) in [4.78, 5) is 0. The first kappa shape index (κ1) is 14.6. The van der Waals surface area contributed by atoms with Crippen LogP contribution in [-0.2, 0) is 4.74 Å². The van der Waals surface area contributed by atoms with Gasteiger partial charge >= 0.3 is 0 Å². The van der Waals surface area contributed by atoms with Gasteiger partial charge in [-0.1, -0.05) is 13.8 Å². The van der Waals surface area contributed by atoms with Crippen LogP contribution in [0.15, 0.2) is 0 Å². The van der Waals surface area contributed by atoms with Crippen molar-refractivity contribution in [3.63, 3.8) is 0 Å². The number of thiocarbonyl (C=S) groups is 1. The van der Waals surface area contributed by atoms with Crippen LogP contribution in [0.1, 0.15) is 34.1 Å². The second-order valence-corrected chi connectivity index (χ2v) is 4.91. The van der Waals surface area contributed by atoms with Gasteiger partial charge in [-0.25, -0.2) is 0 Å². The zero-order valence-corrected chi connectivity index (χ0v) is 11.3. The summed E-state index contributed by atoms with van der Waals surface area (Å²) in [6.45, 7) is 9.28. The van der Waals surface area contributed by atoms with Gasteiger partial charge in [-0.15, -0.1) is 0 Å². The normalized spacial score (nSPS) is 14.8. The molecule has 0 aliphatic heterocycles. The fourth-order valence-corrected chi connectivity index (χ4v) is 1.95. The van der Waals surface area contributed by atoms with Crippen LogP contribution < -0.4 is 10.6 Å². The van der Waals surface area contributed by atoms with Crippen LogP contribution >= 0.6 is 12.2 Å². The molecule has 0 aromatic carbocycles. The third-order valence-corrected chi connectivity index (χ3v) is 2.23. The van der Waals surface area contributed by atoms with Crippen molar-refractivity contribution in [2.24, 2.45) is 5.92 Å². The second-order valence-electron chi connectivity index (χ2n) is 4.50. The lowest BCUT2D eigenvalue weighted by molar-refractivity contribution is 0.179. The van der Waals surface area contributed by atoms with Crippen LogP contribution in [0.3, 0.4) is 0 Å². The molecule has 0 aliphatic carbocycles. The SMILES string of the molecule is COCC(C)NC(=S)NC(C)CC(C)C. The summed E-state index contributed by atoms with van der Waals surface area (Å²) in [5.41, 5.74) is 0. The van der Waals surface area contributed by atoms with E-state index in [1.165, 1.54) is 0 Å². The van der Waals surface area contributed by atoms with Gasteiger partial charge in [-0.3, -0.25) is 0 Å². The average molecular weight is 232 g/mol. The highest BCUT2D eigenvalue weighted by Gasteiger charge is 2.08. The van der Waals surface area contributed by atoms with Gasteiger partial charge in [-0.05, 0) is 38.4 Å². The molecule has 0 saturated carbocycles. The molecule has 2 atom stereocenters. The fraction of sp³-hybridized carbons (Fsp3) is 0.909. The minimum atomic E-state index is 0.251. The lowest BCUT2D eigenvalue weighted by Crippen LogP contribution is -2.45. The predicted octanol–water partition coefficient (Wildman–Crippen LogP) is 1.92. The van der Waals surface area contributed by atoms with Gasteiger partial charge in [0.05, 0.1) is 6.61 Å². The molecule has 0 aliphatic rings. The molecular weight excluding hydrogens is 208 g/mol. The van der Waals surface area contributed by atoms with Crippen LogP contribution in [0, 0.1) is 5.92 Å². The van der Waals surface area contributed by atoms with Crippen molar-refractivity contribution in [1.82, 2.24) is 10.6 Å². The van der Waals surface area contributed by atoms with Gasteiger partial charge in [0.1, 0.15) is 0 Å². The van der Waals surface area contributed by atoms with E-state index in [1.54, 1.807) is 7.11 Å². The number of ether oxygens (including phenoxy) is 1. The van der Waals surface area contributed by atoms with E-state index in [2.05, 4.69) is 31.4 Å². The van der Waals surface area contributed by atoms with E-state index in [1.807, 2.05) is 6.92 Å². The van der Waals surface area contributed by atoms with E-state index in [4.69, 9.17) is 17.0 Å². The monoisotopic (exact) mass is 232 g/mol. The molecule has 4 heteroatoms. The first-order valence-corrected chi connectivity index (χ1v) is 5.92. The van der Waals surface area contributed by atoms with Crippen molar-refractivity contribution in [1.29, 1.82) is 0 Å². The number of rotatable bonds is 6. The third-order valence-electron chi connectivity index (χ3n) is 2.00. The molecule has 15 heavy (non-hydrogen) atoms. The number of methoxy groups -OCH3 is 1. The van der Waals surface area contributed by atoms with E-state index >= 15 is 0 Å². The van der Waals surface area contributed by atoms with Crippen LogP contribution in [0.4, 0.5) is 0 Å². The molecule has 0 aromatic heterocycles. The summed E-state index contributed by atoms with van der Waals surface area (Å²) in [5.74, 6) is 0.687. The Kier molecular flexibility index (Phi) is 7.70. The summed E-state index contributed by atoms with van der Waals surface area (Å²) in [6, 6.07) is 0.668. The molecule has 0 radical (unpaired) electrons. The lowest BCUT2D eigenvalue weighted by Gasteiger charge is -2.21. The topological polar surface area (TPSA) is 33.3 Å². The Morgan fingerprint density at radius 1 is 1.13 bits per heavy atom. The maximum Gasteiger partial charge on any atom is 0.166 e. The van der Waals surface area contributed by atoms with Gasteiger partial charge in [-0.2, -0.15) is 0 Å². The molecule has 3 nitrogen and oxygen atoms in total. The zero-order valence-electron chi connectivity index (χ0n) is 10.5. The molecule has 90 valence electrons. The second kappa shape index (κ2) is 7.88. The van der Waals surface area contributed by atoms with Crippen LogP contribution in [0.5, 0.6) is 0 Å². The molecule has 0 amide bonds. The number of nitrogens with one attached hydrogen (secondary N) is 2. The van der Waals surface area contributed by atoms with Gasteiger partial charge in [0.15, 0.2) is 5.11 Å². The zero-order chi connectivity index (χ0) is 11.8. The number of hydrogen-bond donors (Lipinski definition) is 2. The van der Waals surface area contributed by atoms with E-state index < -0.39 is 0 Å². The van der Waals surface area contributed by atoms with Gasteiger partial charge in [0, 0.05) is 19.2 Å². The van der Waals surface area contributed by atoms with Crippen LogP contribution in [0.2, 0.25) is 0 Å². The fourth-order valence-electron chi connectivity index (χ4n) is 1.55. The summed E-state index contributed by atoms with van der Waals surface area (Å²) >= 11 is 5.20. The summed E-state index contributed by atoms with van der Waals surface area (Å²) in [7, 11) is 1.69. The van der Waals surface area contributed by atoms with E-state index in [9.17, 15) is 0 Å². The quantitative estimate of drug-likeness (QED) is 0.686. The lowest BCUT2D eigenvalue weighted by atomic mass is 10.1. The minimum absolute atomic E-state index is 0.251. The average Bonchev–Trinajstić information content (AvgIpc) is 2.00. The molecule has 2 unspecified atom stereocenters. The molecule has 0 bridgehead atoms. The highest BCUT2D eigenvalue weighted by Crippen LogP contribution is 2.03. The molecule has 0 heterocycles. The van der Waals surface area contributed by atoms with Gasteiger partial charge in [0.2, 0.25) is 0 Å². The van der Waals surface area contributed by atoms with Crippen LogP contribution in [-0.4, -0.2) is 30.9 Å². The molecule has 2 N–H and O–H groups in total. The smallest absolute Gasteiger partial charge is 0.166 e. The maximum absolute atomic E-state index is 5.20. The largest absolute Gasteiger partial charge is 0.383 e. The molecule has 0 aromatic rings. The minimum Gasteiger partial charge on any atom is -0.383 e. The summed E-state index contributed by atoms with van der Waals surface area (Å²) < 4.78 is 5.02. The molecule has 0 rings (SSSR count). The Bertz CT molecular complexity index is 185. The summed E-state index contributed by atoms with van der Waals surface area (Å²) in [6.07, 6.45) is 1.13. The Hall–Kier alpha value is -0.350. The highest BCUT2D eigenvalue weighted by atomic mass is 32.1. The Morgan fingerprint density at radius 2 is 1.67 bits per heavy atom. The Morgan fingerprint density at radius 3 is 2.13 bits per heavy atom. The van der Waals surface area contributed by atoms with Crippen LogP contribution in [0.25, 0.3) is 0 Å². The Balaban J connectivity index is 3.72. The van der Waals surface area contributed by atoms with Crippen molar-refractivity contribution in [2.75, 3.05) is 13.7 Å². The van der Waals surface area contributed by atoms with Crippen molar-refractivity contribution in [3.05, 3.63) is 0 Å². The molecule has 0 fully saturated rings. The molecule has 0 saturated heterocycles.